The fourth-order valence-corrected chi connectivity index (χ4v) is 6.22. The van der Waals surface area contributed by atoms with Gasteiger partial charge < -0.3 is 10.1 Å². The number of likely N-dealkylation sites (tertiary alicyclic amines) is 1. The molecule has 2 spiro atoms. The molecule has 1 amide bonds. The van der Waals surface area contributed by atoms with Gasteiger partial charge in [0.1, 0.15) is 23.3 Å². The molecule has 1 fully saturated rings. The van der Waals surface area contributed by atoms with Crippen LogP contribution in [0.2, 0.25) is 0 Å². The Balaban J connectivity index is 1.67. The molecule has 1 N–H and O–H groups in total. The van der Waals surface area contributed by atoms with Gasteiger partial charge in [0.2, 0.25) is 0 Å². The van der Waals surface area contributed by atoms with Crippen molar-refractivity contribution in [1.29, 1.82) is 0 Å². The Morgan fingerprint density at radius 1 is 0.969 bits per heavy atom. The van der Waals surface area contributed by atoms with Crippen molar-refractivity contribution < 1.29 is 14.3 Å². The Morgan fingerprint density at radius 3 is 2.50 bits per heavy atom. The highest BCUT2D eigenvalue weighted by molar-refractivity contribution is 6.15. The number of para-hydroxylation sites is 2. The van der Waals surface area contributed by atoms with E-state index in [2.05, 4.69) is 34.5 Å². The van der Waals surface area contributed by atoms with E-state index in [0.717, 1.165) is 22.4 Å². The summed E-state index contributed by atoms with van der Waals surface area (Å²) in [5.74, 6) is 0.196. The van der Waals surface area contributed by atoms with Crippen LogP contribution in [0.1, 0.15) is 33.0 Å². The number of carbonyl (C=O) groups is 2. The van der Waals surface area contributed by atoms with E-state index in [4.69, 9.17) is 4.74 Å². The van der Waals surface area contributed by atoms with Crippen molar-refractivity contribution in [3.05, 3.63) is 95.1 Å². The normalized spacial score (nSPS) is 28.5. The third-order valence-corrected chi connectivity index (χ3v) is 7.64. The molecule has 3 aliphatic rings. The molecule has 0 aliphatic carbocycles. The number of benzene rings is 3. The second kappa shape index (κ2) is 6.53. The SMILES string of the molecule is Cc1ccc([C@@H]2CN(C)[C@@]3(C(=O)Nc4ccccc43)[C@@]23COc2ccccc2C3=O)cc1. The second-order valence-corrected chi connectivity index (χ2v) is 9.14. The second-order valence-electron chi connectivity index (χ2n) is 9.14. The predicted octanol–water partition coefficient (Wildman–Crippen LogP) is 4.13. The summed E-state index contributed by atoms with van der Waals surface area (Å²) < 4.78 is 6.28. The summed E-state index contributed by atoms with van der Waals surface area (Å²) in [4.78, 5) is 30.4. The first kappa shape index (κ1) is 19.3. The van der Waals surface area contributed by atoms with Gasteiger partial charge in [-0.05, 0) is 37.7 Å². The Morgan fingerprint density at radius 2 is 1.69 bits per heavy atom. The molecule has 5 nitrogen and oxygen atoms in total. The number of rotatable bonds is 1. The summed E-state index contributed by atoms with van der Waals surface area (Å²) in [6.07, 6.45) is 0. The lowest BCUT2D eigenvalue weighted by Gasteiger charge is -2.47. The minimum absolute atomic E-state index is 0.0267. The summed E-state index contributed by atoms with van der Waals surface area (Å²) in [6, 6.07) is 23.4. The molecule has 1 saturated heterocycles. The molecule has 32 heavy (non-hydrogen) atoms. The average molecular weight is 425 g/mol. The molecule has 0 aromatic heterocycles. The quantitative estimate of drug-likeness (QED) is 0.638. The summed E-state index contributed by atoms with van der Waals surface area (Å²) in [5.41, 5.74) is 2.12. The van der Waals surface area contributed by atoms with Crippen molar-refractivity contribution in [2.45, 2.75) is 18.4 Å². The average Bonchev–Trinajstić information content (AvgIpc) is 3.25. The number of Topliss-reactive ketones (excluding diaryl/α,β-unsaturated/α-hetero) is 1. The van der Waals surface area contributed by atoms with Gasteiger partial charge in [0, 0.05) is 23.7 Å². The zero-order valence-corrected chi connectivity index (χ0v) is 18.1. The highest BCUT2D eigenvalue weighted by atomic mass is 16.5. The third kappa shape index (κ3) is 2.16. The number of ether oxygens (including phenoxy) is 1. The van der Waals surface area contributed by atoms with Crippen LogP contribution < -0.4 is 10.1 Å². The van der Waals surface area contributed by atoms with Crippen LogP contribution in [-0.2, 0) is 10.3 Å². The zero-order chi connectivity index (χ0) is 22.1. The number of carbonyl (C=O) groups excluding carboxylic acids is 2. The minimum atomic E-state index is -1.15. The molecule has 3 heterocycles. The monoisotopic (exact) mass is 424 g/mol. The van der Waals surface area contributed by atoms with Crippen LogP contribution in [0.3, 0.4) is 0 Å². The zero-order valence-electron chi connectivity index (χ0n) is 18.1. The van der Waals surface area contributed by atoms with Crippen LogP contribution in [0.25, 0.3) is 0 Å². The van der Waals surface area contributed by atoms with Gasteiger partial charge in [-0.25, -0.2) is 0 Å². The highest BCUT2D eigenvalue weighted by Crippen LogP contribution is 2.64. The summed E-state index contributed by atoms with van der Waals surface area (Å²) in [7, 11) is 1.95. The van der Waals surface area contributed by atoms with E-state index in [9.17, 15) is 9.59 Å². The molecule has 0 bridgehead atoms. The lowest BCUT2D eigenvalue weighted by molar-refractivity contribution is -0.131. The van der Waals surface area contributed by atoms with Gasteiger partial charge in [-0.1, -0.05) is 60.2 Å². The molecule has 160 valence electrons. The molecule has 0 saturated carbocycles. The van der Waals surface area contributed by atoms with Gasteiger partial charge in [0.25, 0.3) is 5.91 Å². The van der Waals surface area contributed by atoms with Crippen LogP contribution in [0, 0.1) is 12.3 Å². The molecule has 0 radical (unpaired) electrons. The maximum atomic E-state index is 14.5. The molecule has 3 atom stereocenters. The van der Waals surface area contributed by atoms with E-state index in [1.54, 1.807) is 0 Å². The Labute approximate surface area is 187 Å². The van der Waals surface area contributed by atoms with Crippen molar-refractivity contribution in [3.63, 3.8) is 0 Å². The molecule has 3 aromatic rings. The largest absolute Gasteiger partial charge is 0.492 e. The molecular weight excluding hydrogens is 400 g/mol. The number of nitrogens with zero attached hydrogens (tertiary/aromatic N) is 1. The third-order valence-electron chi connectivity index (χ3n) is 7.64. The fourth-order valence-electron chi connectivity index (χ4n) is 6.22. The van der Waals surface area contributed by atoms with Crippen LogP contribution in [0.5, 0.6) is 5.75 Å². The number of hydrogen-bond donors (Lipinski definition) is 1. The smallest absolute Gasteiger partial charge is 0.250 e. The molecule has 3 aromatic carbocycles. The molecule has 6 rings (SSSR count). The molecule has 5 heteroatoms. The Kier molecular flexibility index (Phi) is 3.93. The van der Waals surface area contributed by atoms with Gasteiger partial charge in [-0.3, -0.25) is 14.5 Å². The van der Waals surface area contributed by atoms with E-state index in [1.807, 2.05) is 62.5 Å². The van der Waals surface area contributed by atoms with Crippen LogP contribution in [0.4, 0.5) is 5.69 Å². The van der Waals surface area contributed by atoms with E-state index < -0.39 is 11.0 Å². The van der Waals surface area contributed by atoms with Crippen molar-refractivity contribution in [2.24, 2.45) is 5.41 Å². The lowest BCUT2D eigenvalue weighted by atomic mass is 9.57. The standard InChI is InChI=1S/C27H24N2O3/c1-17-11-13-18(14-12-17)21-15-29(2)27(20-8-4-5-9-22(20)28-25(27)31)26(21)16-32-23-10-6-3-7-19(23)24(26)30/h3-14,21H,15-16H2,1-2H3,(H,28,31)/t21-,26-,27-/m0/s1. The van der Waals surface area contributed by atoms with Crippen molar-refractivity contribution >= 4 is 17.4 Å². The van der Waals surface area contributed by atoms with E-state index in [0.29, 0.717) is 17.9 Å². The predicted molar refractivity (Wildman–Crippen MR) is 122 cm³/mol. The summed E-state index contributed by atoms with van der Waals surface area (Å²) >= 11 is 0. The number of ketones is 1. The number of aryl methyl sites for hydroxylation is 1. The number of likely N-dealkylation sites (N-methyl/N-ethyl adjacent to an activating group) is 1. The maximum Gasteiger partial charge on any atom is 0.250 e. The number of nitrogens with one attached hydrogen (secondary N) is 1. The van der Waals surface area contributed by atoms with Gasteiger partial charge in [-0.2, -0.15) is 0 Å². The van der Waals surface area contributed by atoms with E-state index in [1.165, 1.54) is 0 Å². The van der Waals surface area contributed by atoms with Gasteiger partial charge in [0.15, 0.2) is 5.78 Å². The first-order chi connectivity index (χ1) is 15.5. The van der Waals surface area contributed by atoms with E-state index in [-0.39, 0.29) is 24.2 Å². The minimum Gasteiger partial charge on any atom is -0.492 e. The molecule has 3 aliphatic heterocycles. The first-order valence-corrected chi connectivity index (χ1v) is 11.0. The highest BCUT2D eigenvalue weighted by Gasteiger charge is 2.75. The Hall–Kier alpha value is -3.44. The first-order valence-electron chi connectivity index (χ1n) is 11.0. The van der Waals surface area contributed by atoms with Crippen LogP contribution >= 0.6 is 0 Å². The number of fused-ring (bicyclic) bond motifs is 4. The van der Waals surface area contributed by atoms with Crippen molar-refractivity contribution in [1.82, 2.24) is 4.90 Å². The molecular formula is C27H24N2O3. The number of anilines is 1. The number of amides is 1. The van der Waals surface area contributed by atoms with Crippen LogP contribution in [0.15, 0.2) is 72.8 Å². The molecule has 0 unspecified atom stereocenters. The van der Waals surface area contributed by atoms with Crippen molar-refractivity contribution in [3.8, 4) is 5.75 Å². The fraction of sp³-hybridized carbons (Fsp3) is 0.259. The van der Waals surface area contributed by atoms with Crippen LogP contribution in [-0.4, -0.2) is 36.8 Å². The number of hydrogen-bond acceptors (Lipinski definition) is 4. The lowest BCUT2D eigenvalue weighted by Crippen LogP contribution is -2.62. The van der Waals surface area contributed by atoms with Gasteiger partial charge >= 0.3 is 0 Å². The Bertz CT molecular complexity index is 1270. The maximum absolute atomic E-state index is 14.5. The van der Waals surface area contributed by atoms with Gasteiger partial charge in [0.05, 0.1) is 5.56 Å². The summed E-state index contributed by atoms with van der Waals surface area (Å²) in [6.45, 7) is 2.77. The van der Waals surface area contributed by atoms with Crippen molar-refractivity contribution in [2.75, 3.05) is 25.5 Å². The summed E-state index contributed by atoms with van der Waals surface area (Å²) in [5, 5.41) is 3.07. The topological polar surface area (TPSA) is 58.6 Å². The van der Waals surface area contributed by atoms with Gasteiger partial charge in [-0.15, -0.1) is 0 Å². The van der Waals surface area contributed by atoms with E-state index >= 15 is 0 Å².